The second-order valence-corrected chi connectivity index (χ2v) is 6.15. The summed E-state index contributed by atoms with van der Waals surface area (Å²) in [6.45, 7) is 8.57. The minimum atomic E-state index is -0.417. The number of carbonyl (C=O) groups excluding carboxylic acids is 1. The Morgan fingerprint density at radius 3 is 2.73 bits per heavy atom. The highest BCUT2D eigenvalue weighted by Gasteiger charge is 2.22. The van der Waals surface area contributed by atoms with E-state index < -0.39 is 11.7 Å². The maximum absolute atomic E-state index is 13.9. The number of halogens is 1. The number of benzene rings is 1. The van der Waals surface area contributed by atoms with Gasteiger partial charge in [0.15, 0.2) is 0 Å². The van der Waals surface area contributed by atoms with Gasteiger partial charge in [0.25, 0.3) is 5.91 Å². The molecule has 1 aromatic carbocycles. The average Bonchev–Trinajstić information content (AvgIpc) is 3.20. The number of nitrogens with zero attached hydrogens (tertiary/aromatic N) is 3. The van der Waals surface area contributed by atoms with Crippen molar-refractivity contribution in [3.63, 3.8) is 0 Å². The van der Waals surface area contributed by atoms with E-state index in [1.165, 1.54) is 12.1 Å². The van der Waals surface area contributed by atoms with Crippen LogP contribution in [0.4, 0.5) is 4.39 Å². The summed E-state index contributed by atoms with van der Waals surface area (Å²) in [4.78, 5) is 12.5. The molecule has 1 amide bonds. The molecule has 6 nitrogen and oxygen atoms in total. The van der Waals surface area contributed by atoms with Gasteiger partial charge in [0.2, 0.25) is 5.76 Å². The lowest BCUT2D eigenvalue weighted by molar-refractivity contribution is 0.0902. The Bertz CT molecular complexity index is 945. The number of carbonyl (C=O) groups is 1. The standard InChI is InChI=1S/C19H21FN4O2/c1-5-24-13(4)18(12(3)22-24)11(2)21-19(25)17-10-16(23-26-17)14-8-6-7-9-15(14)20/h6-11H,5H2,1-4H3,(H,21,25). The summed E-state index contributed by atoms with van der Waals surface area (Å²) in [5, 5.41) is 11.2. The van der Waals surface area contributed by atoms with Crippen LogP contribution in [0.3, 0.4) is 0 Å². The zero-order valence-corrected chi connectivity index (χ0v) is 15.2. The zero-order chi connectivity index (χ0) is 18.8. The van der Waals surface area contributed by atoms with Crippen molar-refractivity contribution in [3.8, 4) is 11.3 Å². The Morgan fingerprint density at radius 2 is 2.08 bits per heavy atom. The van der Waals surface area contributed by atoms with Gasteiger partial charge in [0.05, 0.1) is 11.7 Å². The van der Waals surface area contributed by atoms with Crippen molar-refractivity contribution in [3.05, 3.63) is 58.9 Å². The van der Waals surface area contributed by atoms with Crippen LogP contribution in [-0.4, -0.2) is 20.8 Å². The summed E-state index contributed by atoms with van der Waals surface area (Å²) < 4.78 is 20.9. The maximum Gasteiger partial charge on any atom is 0.290 e. The molecule has 1 unspecified atom stereocenters. The van der Waals surface area contributed by atoms with Crippen molar-refractivity contribution in [2.24, 2.45) is 0 Å². The van der Waals surface area contributed by atoms with Gasteiger partial charge in [-0.1, -0.05) is 17.3 Å². The quantitative estimate of drug-likeness (QED) is 0.754. The molecule has 0 aliphatic carbocycles. The van der Waals surface area contributed by atoms with E-state index in [9.17, 15) is 9.18 Å². The van der Waals surface area contributed by atoms with Crippen LogP contribution >= 0.6 is 0 Å². The predicted molar refractivity (Wildman–Crippen MR) is 95.2 cm³/mol. The van der Waals surface area contributed by atoms with E-state index in [0.717, 1.165) is 23.5 Å². The first kappa shape index (κ1) is 17.8. The topological polar surface area (TPSA) is 73.0 Å². The van der Waals surface area contributed by atoms with Crippen LogP contribution in [0.15, 0.2) is 34.9 Å². The molecule has 2 heterocycles. The van der Waals surface area contributed by atoms with Crippen LogP contribution in [0.1, 0.15) is 47.4 Å². The minimum absolute atomic E-state index is 0.0355. The Hall–Kier alpha value is -2.96. The van der Waals surface area contributed by atoms with Gasteiger partial charge >= 0.3 is 0 Å². The molecule has 2 aromatic heterocycles. The highest BCUT2D eigenvalue weighted by atomic mass is 19.1. The summed E-state index contributed by atoms with van der Waals surface area (Å²) in [6.07, 6.45) is 0. The predicted octanol–water partition coefficient (Wildman–Crippen LogP) is 3.80. The molecule has 0 aliphatic rings. The van der Waals surface area contributed by atoms with E-state index in [-0.39, 0.29) is 17.5 Å². The molecule has 0 spiro atoms. The number of aryl methyl sites for hydroxylation is 2. The van der Waals surface area contributed by atoms with E-state index in [2.05, 4.69) is 15.6 Å². The SMILES string of the molecule is CCn1nc(C)c(C(C)NC(=O)c2cc(-c3ccccc3F)no2)c1C. The molecule has 0 saturated carbocycles. The fourth-order valence-corrected chi connectivity index (χ4v) is 3.16. The van der Waals surface area contributed by atoms with Crippen LogP contribution in [0.25, 0.3) is 11.3 Å². The third kappa shape index (κ3) is 3.24. The lowest BCUT2D eigenvalue weighted by atomic mass is 10.1. The molecule has 26 heavy (non-hydrogen) atoms. The van der Waals surface area contributed by atoms with Crippen molar-refractivity contribution in [2.75, 3.05) is 0 Å². The smallest absolute Gasteiger partial charge is 0.290 e. The number of aromatic nitrogens is 3. The van der Waals surface area contributed by atoms with Gasteiger partial charge in [0, 0.05) is 29.4 Å². The third-order valence-electron chi connectivity index (χ3n) is 4.40. The minimum Gasteiger partial charge on any atom is -0.350 e. The number of nitrogens with one attached hydrogen (secondary N) is 1. The molecule has 0 radical (unpaired) electrons. The monoisotopic (exact) mass is 356 g/mol. The lowest BCUT2D eigenvalue weighted by Gasteiger charge is -2.13. The third-order valence-corrected chi connectivity index (χ3v) is 4.40. The van der Waals surface area contributed by atoms with E-state index in [0.29, 0.717) is 5.56 Å². The molecule has 0 aliphatic heterocycles. The van der Waals surface area contributed by atoms with Crippen molar-refractivity contribution < 1.29 is 13.7 Å². The van der Waals surface area contributed by atoms with Crippen molar-refractivity contribution in [2.45, 2.75) is 40.3 Å². The highest BCUT2D eigenvalue weighted by molar-refractivity contribution is 5.92. The Labute approximate surface area is 151 Å². The lowest BCUT2D eigenvalue weighted by Crippen LogP contribution is -2.27. The van der Waals surface area contributed by atoms with Crippen molar-refractivity contribution >= 4 is 5.91 Å². The molecule has 136 valence electrons. The molecule has 0 fully saturated rings. The van der Waals surface area contributed by atoms with Gasteiger partial charge in [-0.25, -0.2) is 4.39 Å². The number of hydrogen-bond donors (Lipinski definition) is 1. The van der Waals surface area contributed by atoms with E-state index >= 15 is 0 Å². The van der Waals surface area contributed by atoms with Crippen molar-refractivity contribution in [1.82, 2.24) is 20.3 Å². The normalized spacial score (nSPS) is 12.2. The Balaban J connectivity index is 1.79. The molecule has 3 aromatic rings. The van der Waals surface area contributed by atoms with E-state index in [4.69, 9.17) is 4.52 Å². The van der Waals surface area contributed by atoms with E-state index in [1.54, 1.807) is 18.2 Å². The second kappa shape index (κ2) is 7.11. The fourth-order valence-electron chi connectivity index (χ4n) is 3.16. The molecule has 0 saturated heterocycles. The van der Waals surface area contributed by atoms with E-state index in [1.807, 2.05) is 32.4 Å². The van der Waals surface area contributed by atoms with Gasteiger partial charge in [-0.15, -0.1) is 0 Å². The van der Waals surface area contributed by atoms with Crippen LogP contribution in [0, 0.1) is 19.7 Å². The summed E-state index contributed by atoms with van der Waals surface area (Å²) >= 11 is 0. The van der Waals surface area contributed by atoms with Crippen LogP contribution in [0.2, 0.25) is 0 Å². The Morgan fingerprint density at radius 1 is 1.35 bits per heavy atom. The molecule has 0 bridgehead atoms. The van der Waals surface area contributed by atoms with Gasteiger partial charge in [-0.05, 0) is 39.8 Å². The molecular weight excluding hydrogens is 335 g/mol. The summed E-state index contributed by atoms with van der Waals surface area (Å²) in [6, 6.07) is 7.41. The Kier molecular flexibility index (Phi) is 4.88. The first-order chi connectivity index (χ1) is 12.4. The fraction of sp³-hybridized carbons (Fsp3) is 0.316. The van der Waals surface area contributed by atoms with Crippen molar-refractivity contribution in [1.29, 1.82) is 0 Å². The first-order valence-corrected chi connectivity index (χ1v) is 8.48. The number of hydrogen-bond acceptors (Lipinski definition) is 4. The van der Waals surface area contributed by atoms with Crippen LogP contribution in [0.5, 0.6) is 0 Å². The number of rotatable bonds is 5. The number of amides is 1. The molecule has 1 N–H and O–H groups in total. The average molecular weight is 356 g/mol. The maximum atomic E-state index is 13.9. The molecule has 1 atom stereocenters. The van der Waals surface area contributed by atoms with Gasteiger partial charge in [-0.3, -0.25) is 9.48 Å². The molecule has 3 rings (SSSR count). The largest absolute Gasteiger partial charge is 0.350 e. The van der Waals surface area contributed by atoms with Gasteiger partial charge in [0.1, 0.15) is 11.5 Å². The van der Waals surface area contributed by atoms with Gasteiger partial charge in [-0.2, -0.15) is 5.10 Å². The summed E-state index contributed by atoms with van der Waals surface area (Å²) in [5.41, 5.74) is 3.45. The summed E-state index contributed by atoms with van der Waals surface area (Å²) in [5.74, 6) is -0.789. The zero-order valence-electron chi connectivity index (χ0n) is 15.2. The van der Waals surface area contributed by atoms with Crippen LogP contribution in [-0.2, 0) is 6.54 Å². The first-order valence-electron chi connectivity index (χ1n) is 8.48. The highest BCUT2D eigenvalue weighted by Crippen LogP contribution is 2.24. The van der Waals surface area contributed by atoms with Crippen LogP contribution < -0.4 is 5.32 Å². The summed E-state index contributed by atoms with van der Waals surface area (Å²) in [7, 11) is 0. The second-order valence-electron chi connectivity index (χ2n) is 6.15. The van der Waals surface area contributed by atoms with Gasteiger partial charge < -0.3 is 9.84 Å². The molecular formula is C19H21FN4O2. The molecule has 7 heteroatoms.